The van der Waals surface area contributed by atoms with Crippen molar-refractivity contribution in [2.24, 2.45) is 5.73 Å². The number of rotatable bonds is 9. The molecule has 0 aliphatic carbocycles. The van der Waals surface area contributed by atoms with Crippen molar-refractivity contribution in [3.63, 3.8) is 0 Å². The van der Waals surface area contributed by atoms with E-state index in [4.69, 9.17) is 10.8 Å². The highest BCUT2D eigenvalue weighted by molar-refractivity contribution is 7.80. The van der Waals surface area contributed by atoms with Crippen molar-refractivity contribution in [2.45, 2.75) is 31.8 Å². The van der Waals surface area contributed by atoms with Gasteiger partial charge in [0.2, 0.25) is 11.8 Å². The molecule has 20 heavy (non-hydrogen) atoms. The van der Waals surface area contributed by atoms with Gasteiger partial charge in [-0.3, -0.25) is 14.4 Å². The van der Waals surface area contributed by atoms with Crippen LogP contribution in [0.4, 0.5) is 0 Å². The minimum absolute atomic E-state index is 0.0521. The lowest BCUT2D eigenvalue weighted by Gasteiger charge is -2.30. The van der Waals surface area contributed by atoms with Crippen LogP contribution in [0.1, 0.15) is 19.8 Å². The summed E-state index contributed by atoms with van der Waals surface area (Å²) in [6.45, 7) is 1.05. The van der Waals surface area contributed by atoms with Gasteiger partial charge in [-0.05, 0) is 6.42 Å². The van der Waals surface area contributed by atoms with Crippen LogP contribution in [-0.2, 0) is 19.2 Å². The second kappa shape index (κ2) is 9.32. The third-order valence-corrected chi connectivity index (χ3v) is 2.90. The van der Waals surface area contributed by atoms with Gasteiger partial charge in [0.05, 0.1) is 18.8 Å². The number of aldehydes is 1. The lowest BCUT2D eigenvalue weighted by Crippen LogP contribution is -2.53. The molecule has 0 saturated carbocycles. The Morgan fingerprint density at radius 1 is 1.45 bits per heavy atom. The lowest BCUT2D eigenvalue weighted by molar-refractivity contribution is -0.141. The number of carboxylic acid groups (broad SMARTS) is 1. The summed E-state index contributed by atoms with van der Waals surface area (Å²) in [5.74, 6) is -1.97. The van der Waals surface area contributed by atoms with E-state index in [2.05, 4.69) is 17.9 Å². The van der Waals surface area contributed by atoms with E-state index in [9.17, 15) is 19.2 Å². The van der Waals surface area contributed by atoms with Crippen molar-refractivity contribution in [3.05, 3.63) is 0 Å². The van der Waals surface area contributed by atoms with Gasteiger partial charge in [-0.1, -0.05) is 0 Å². The van der Waals surface area contributed by atoms with Gasteiger partial charge in [0.1, 0.15) is 6.29 Å². The zero-order chi connectivity index (χ0) is 15.7. The van der Waals surface area contributed by atoms with Crippen molar-refractivity contribution in [1.29, 1.82) is 0 Å². The van der Waals surface area contributed by atoms with Crippen LogP contribution in [0, 0.1) is 0 Å². The van der Waals surface area contributed by atoms with Crippen molar-refractivity contribution in [1.82, 2.24) is 10.2 Å². The third-order valence-electron chi connectivity index (χ3n) is 2.51. The Morgan fingerprint density at radius 2 is 2.05 bits per heavy atom. The number of carboxylic acids is 1. The molecule has 0 heterocycles. The van der Waals surface area contributed by atoms with Gasteiger partial charge in [-0.15, -0.1) is 0 Å². The molecule has 8 nitrogen and oxygen atoms in total. The highest BCUT2D eigenvalue weighted by atomic mass is 32.1. The van der Waals surface area contributed by atoms with Crippen LogP contribution in [0.2, 0.25) is 0 Å². The van der Waals surface area contributed by atoms with Crippen molar-refractivity contribution in [3.8, 4) is 0 Å². The van der Waals surface area contributed by atoms with Gasteiger partial charge in [0.15, 0.2) is 0 Å². The minimum Gasteiger partial charge on any atom is -0.481 e. The smallest absolute Gasteiger partial charge is 0.303 e. The summed E-state index contributed by atoms with van der Waals surface area (Å²) in [6, 6.07) is -1.89. The van der Waals surface area contributed by atoms with Gasteiger partial charge in [-0.25, -0.2) is 0 Å². The second-order valence-electron chi connectivity index (χ2n) is 4.12. The molecule has 0 unspecified atom stereocenters. The van der Waals surface area contributed by atoms with E-state index in [0.29, 0.717) is 6.29 Å². The van der Waals surface area contributed by atoms with E-state index in [0.717, 1.165) is 4.90 Å². The maximum atomic E-state index is 12.0. The Kier molecular flexibility index (Phi) is 8.57. The quantitative estimate of drug-likeness (QED) is 0.235. The summed E-state index contributed by atoms with van der Waals surface area (Å²) in [4.78, 5) is 45.6. The first-order valence-electron chi connectivity index (χ1n) is 5.91. The summed E-state index contributed by atoms with van der Waals surface area (Å²) in [5, 5.41) is 11.0. The first-order chi connectivity index (χ1) is 9.33. The summed E-state index contributed by atoms with van der Waals surface area (Å²) in [6.07, 6.45) is 0.140. The molecule has 0 aromatic heterocycles. The van der Waals surface area contributed by atoms with Gasteiger partial charge in [0, 0.05) is 19.1 Å². The first-order valence-corrected chi connectivity index (χ1v) is 6.55. The number of nitrogens with two attached hydrogens (primary N) is 1. The summed E-state index contributed by atoms with van der Waals surface area (Å²) < 4.78 is 0. The molecule has 0 rings (SSSR count). The van der Waals surface area contributed by atoms with Crippen LogP contribution in [-0.4, -0.2) is 58.6 Å². The number of nitrogens with zero attached hydrogens (tertiary/aromatic N) is 1. The molecule has 2 amide bonds. The maximum absolute atomic E-state index is 12.0. The average Bonchev–Trinajstić information content (AvgIpc) is 2.40. The summed E-state index contributed by atoms with van der Waals surface area (Å²) >= 11 is 3.90. The molecule has 0 aromatic rings. The van der Waals surface area contributed by atoms with E-state index in [1.165, 1.54) is 6.92 Å². The Bertz CT molecular complexity index is 377. The highest BCUT2D eigenvalue weighted by Crippen LogP contribution is 2.07. The zero-order valence-corrected chi connectivity index (χ0v) is 12.0. The van der Waals surface area contributed by atoms with Crippen molar-refractivity contribution < 1.29 is 24.3 Å². The predicted molar refractivity (Wildman–Crippen MR) is 74.1 cm³/mol. The van der Waals surface area contributed by atoms with E-state index < -0.39 is 24.0 Å². The maximum Gasteiger partial charge on any atom is 0.303 e. The fourth-order valence-corrected chi connectivity index (χ4v) is 1.57. The third kappa shape index (κ3) is 6.53. The van der Waals surface area contributed by atoms with E-state index in [1.807, 2.05) is 0 Å². The Balaban J connectivity index is 4.94. The number of thiol groups is 1. The highest BCUT2D eigenvalue weighted by Gasteiger charge is 2.27. The topological polar surface area (TPSA) is 130 Å². The Labute approximate surface area is 122 Å². The molecule has 114 valence electrons. The standard InChI is InChI=1S/C11H19N3O5S/c1-7(16)13-6-14(11(19)9(12)5-20)8(4-15)2-3-10(17)18/h4,8-9,20H,2-3,5-6,12H2,1H3,(H,13,16)(H,17,18)/t8-,9-/m0/s1. The number of amides is 2. The fraction of sp³-hybridized carbons (Fsp3) is 0.636. The lowest BCUT2D eigenvalue weighted by atomic mass is 10.1. The number of carbonyl (C=O) groups is 4. The molecule has 0 fully saturated rings. The van der Waals surface area contributed by atoms with Crippen molar-refractivity contribution in [2.75, 3.05) is 12.4 Å². The van der Waals surface area contributed by atoms with E-state index in [1.54, 1.807) is 0 Å². The second-order valence-corrected chi connectivity index (χ2v) is 4.49. The molecule has 0 bridgehead atoms. The van der Waals surface area contributed by atoms with Crippen LogP contribution < -0.4 is 11.1 Å². The number of nitrogens with one attached hydrogen (secondary N) is 1. The molecule has 0 aromatic carbocycles. The predicted octanol–water partition coefficient (Wildman–Crippen LogP) is -1.40. The molecular weight excluding hydrogens is 286 g/mol. The van der Waals surface area contributed by atoms with Crippen LogP contribution >= 0.6 is 12.6 Å². The van der Waals surface area contributed by atoms with E-state index in [-0.39, 0.29) is 31.2 Å². The molecule has 2 atom stereocenters. The van der Waals surface area contributed by atoms with Gasteiger partial charge < -0.3 is 25.9 Å². The number of aliphatic carboxylic acids is 1. The molecule has 0 saturated heterocycles. The van der Waals surface area contributed by atoms with Crippen LogP contribution in [0.5, 0.6) is 0 Å². The largest absolute Gasteiger partial charge is 0.481 e. The number of carbonyl (C=O) groups excluding carboxylic acids is 3. The van der Waals surface area contributed by atoms with E-state index >= 15 is 0 Å². The summed E-state index contributed by atoms with van der Waals surface area (Å²) in [7, 11) is 0. The SMILES string of the molecule is CC(=O)NCN(C(=O)[C@@H](N)CS)[C@H](C=O)CCC(=O)O. The molecule has 0 aliphatic rings. The van der Waals surface area contributed by atoms with Gasteiger partial charge in [-0.2, -0.15) is 12.6 Å². The van der Waals surface area contributed by atoms with Gasteiger partial charge in [0.25, 0.3) is 0 Å². The fourth-order valence-electron chi connectivity index (χ4n) is 1.41. The molecule has 0 aliphatic heterocycles. The van der Waals surface area contributed by atoms with Crippen LogP contribution in [0.25, 0.3) is 0 Å². The normalized spacial score (nSPS) is 13.2. The number of hydrogen-bond donors (Lipinski definition) is 4. The van der Waals surface area contributed by atoms with Gasteiger partial charge >= 0.3 is 5.97 Å². The Hall–Kier alpha value is -1.61. The summed E-state index contributed by atoms with van der Waals surface area (Å²) in [5.41, 5.74) is 5.56. The molecule has 0 radical (unpaired) electrons. The molecule has 0 spiro atoms. The van der Waals surface area contributed by atoms with Crippen molar-refractivity contribution >= 4 is 36.7 Å². The van der Waals surface area contributed by atoms with Crippen LogP contribution in [0.15, 0.2) is 0 Å². The Morgan fingerprint density at radius 3 is 2.45 bits per heavy atom. The molecule has 4 N–H and O–H groups in total. The molecule has 9 heteroatoms. The van der Waals surface area contributed by atoms with Crippen LogP contribution in [0.3, 0.4) is 0 Å². The molecular formula is C11H19N3O5S. The zero-order valence-electron chi connectivity index (χ0n) is 11.1. The number of hydrogen-bond acceptors (Lipinski definition) is 6. The minimum atomic E-state index is -1.08. The average molecular weight is 305 g/mol. The monoisotopic (exact) mass is 305 g/mol. The first kappa shape index (κ1) is 18.4.